The summed E-state index contributed by atoms with van der Waals surface area (Å²) in [6.07, 6.45) is -0.438. The van der Waals surface area contributed by atoms with Crippen molar-refractivity contribution in [2.75, 3.05) is 5.75 Å². The Morgan fingerprint density at radius 3 is 2.37 bits per heavy atom. The van der Waals surface area contributed by atoms with Gasteiger partial charge in [0.15, 0.2) is 21.5 Å². The standard InChI is InChI=1S/C19H17F5N2O3S/c1-9-4-14(18(25)27)26-7-11(9)17(15-12(20)2-3-13(21)16(15)22)30(28,29)8-10-5-19(23,24)6-10/h2-4,7,10,17H,5-6,8H2,1H3,(H2,25,27). The SMILES string of the molecule is Cc1cc(C(N)=O)ncc1C(c1c(F)ccc(F)c1F)S(=O)(=O)CC1CC(F)(F)C1. The minimum Gasteiger partial charge on any atom is -0.364 e. The number of halogens is 5. The summed E-state index contributed by atoms with van der Waals surface area (Å²) in [6, 6.07) is 2.21. The molecular formula is C19H17F5N2O3S. The number of sulfone groups is 1. The third kappa shape index (κ3) is 4.16. The van der Waals surface area contributed by atoms with Crippen molar-refractivity contribution in [1.29, 1.82) is 0 Å². The van der Waals surface area contributed by atoms with Gasteiger partial charge >= 0.3 is 0 Å². The largest absolute Gasteiger partial charge is 0.364 e. The molecule has 3 rings (SSSR count). The van der Waals surface area contributed by atoms with Crippen LogP contribution in [0.3, 0.4) is 0 Å². The average Bonchev–Trinajstić information content (AvgIpc) is 2.60. The van der Waals surface area contributed by atoms with E-state index in [1.807, 2.05) is 0 Å². The van der Waals surface area contributed by atoms with Gasteiger partial charge in [0.05, 0.1) is 5.75 Å². The molecule has 1 saturated carbocycles. The van der Waals surface area contributed by atoms with Gasteiger partial charge in [0.2, 0.25) is 5.92 Å². The Bertz CT molecular complexity index is 1110. The maximum absolute atomic E-state index is 14.5. The lowest BCUT2D eigenvalue weighted by molar-refractivity contribution is -0.103. The first-order valence-electron chi connectivity index (χ1n) is 8.81. The van der Waals surface area contributed by atoms with Gasteiger partial charge in [-0.3, -0.25) is 9.78 Å². The third-order valence-corrected chi connectivity index (χ3v) is 7.17. The summed E-state index contributed by atoms with van der Waals surface area (Å²) in [4.78, 5) is 15.0. The number of aryl methyl sites for hydroxylation is 1. The highest BCUT2D eigenvalue weighted by Crippen LogP contribution is 2.45. The molecule has 0 aliphatic heterocycles. The minimum atomic E-state index is -4.49. The Morgan fingerprint density at radius 2 is 1.83 bits per heavy atom. The van der Waals surface area contributed by atoms with Crippen LogP contribution in [0, 0.1) is 30.3 Å². The van der Waals surface area contributed by atoms with Crippen molar-refractivity contribution in [2.45, 2.75) is 30.9 Å². The van der Waals surface area contributed by atoms with Gasteiger partial charge in [0.25, 0.3) is 5.91 Å². The number of hydrogen-bond acceptors (Lipinski definition) is 4. The molecular weight excluding hydrogens is 431 g/mol. The second-order valence-electron chi connectivity index (χ2n) is 7.39. The fraction of sp³-hybridized carbons (Fsp3) is 0.368. The molecule has 162 valence electrons. The number of pyridine rings is 1. The number of hydrogen-bond donors (Lipinski definition) is 1. The summed E-state index contributed by atoms with van der Waals surface area (Å²) < 4.78 is 95.4. The minimum absolute atomic E-state index is 0.106. The Morgan fingerprint density at radius 1 is 1.23 bits per heavy atom. The quantitative estimate of drug-likeness (QED) is 0.542. The molecule has 1 aromatic carbocycles. The molecule has 0 saturated heterocycles. The smallest absolute Gasteiger partial charge is 0.267 e. The lowest BCUT2D eigenvalue weighted by Gasteiger charge is -2.35. The molecule has 0 bridgehead atoms. The first-order chi connectivity index (χ1) is 13.8. The Balaban J connectivity index is 2.16. The van der Waals surface area contributed by atoms with Crippen LogP contribution in [0.2, 0.25) is 0 Å². The molecule has 1 aromatic heterocycles. The molecule has 5 nitrogen and oxygen atoms in total. The normalized spacial score (nSPS) is 17.4. The van der Waals surface area contributed by atoms with E-state index in [2.05, 4.69) is 4.98 Å². The molecule has 1 heterocycles. The van der Waals surface area contributed by atoms with Crippen LogP contribution in [-0.2, 0) is 9.84 Å². The van der Waals surface area contributed by atoms with Gasteiger partial charge < -0.3 is 5.73 Å². The Labute approximate surface area is 169 Å². The van der Waals surface area contributed by atoms with Gasteiger partial charge in [0.1, 0.15) is 16.8 Å². The summed E-state index contributed by atoms with van der Waals surface area (Å²) in [5.41, 5.74) is 3.74. The predicted octanol–water partition coefficient (Wildman–Crippen LogP) is 3.46. The maximum Gasteiger partial charge on any atom is 0.267 e. The molecule has 1 aliphatic carbocycles. The van der Waals surface area contributed by atoms with Crippen molar-refractivity contribution < 1.29 is 35.2 Å². The van der Waals surface area contributed by atoms with Crippen molar-refractivity contribution in [3.63, 3.8) is 0 Å². The van der Waals surface area contributed by atoms with Gasteiger partial charge in [-0.1, -0.05) is 0 Å². The van der Waals surface area contributed by atoms with Gasteiger partial charge in [-0.05, 0) is 42.2 Å². The van der Waals surface area contributed by atoms with E-state index >= 15 is 0 Å². The second-order valence-corrected chi connectivity index (χ2v) is 9.52. The Kier molecular flexibility index (Phi) is 5.61. The molecule has 2 aromatic rings. The highest BCUT2D eigenvalue weighted by atomic mass is 32.2. The summed E-state index contributed by atoms with van der Waals surface area (Å²) in [5, 5.41) is -2.04. The van der Waals surface area contributed by atoms with Crippen LogP contribution < -0.4 is 5.73 Å². The van der Waals surface area contributed by atoms with Crippen LogP contribution in [0.1, 0.15) is 45.3 Å². The molecule has 11 heteroatoms. The molecule has 1 aliphatic rings. The van der Waals surface area contributed by atoms with E-state index < -0.39 is 74.4 Å². The number of aromatic nitrogens is 1. The van der Waals surface area contributed by atoms with Gasteiger partial charge in [-0.15, -0.1) is 0 Å². The zero-order valence-electron chi connectivity index (χ0n) is 15.6. The molecule has 0 spiro atoms. The van der Waals surface area contributed by atoms with E-state index in [9.17, 15) is 35.2 Å². The fourth-order valence-electron chi connectivity index (χ4n) is 3.61. The van der Waals surface area contributed by atoms with Crippen LogP contribution in [0.25, 0.3) is 0 Å². The Hall–Kier alpha value is -2.56. The van der Waals surface area contributed by atoms with Gasteiger partial charge in [-0.2, -0.15) is 0 Å². The molecule has 1 unspecified atom stereocenters. The second kappa shape index (κ2) is 7.60. The number of benzene rings is 1. The maximum atomic E-state index is 14.5. The molecule has 1 atom stereocenters. The number of nitrogens with zero attached hydrogens (tertiary/aromatic N) is 1. The van der Waals surface area contributed by atoms with Crippen molar-refractivity contribution in [3.8, 4) is 0 Å². The lowest BCUT2D eigenvalue weighted by Crippen LogP contribution is -2.40. The monoisotopic (exact) mass is 448 g/mol. The summed E-state index contributed by atoms with van der Waals surface area (Å²) >= 11 is 0. The number of amides is 1. The van der Waals surface area contributed by atoms with Crippen molar-refractivity contribution in [2.24, 2.45) is 11.7 Å². The van der Waals surface area contributed by atoms with E-state index in [0.717, 1.165) is 12.3 Å². The predicted molar refractivity (Wildman–Crippen MR) is 97.1 cm³/mol. The first kappa shape index (κ1) is 22.1. The molecule has 0 radical (unpaired) electrons. The van der Waals surface area contributed by atoms with Crippen molar-refractivity contribution in [3.05, 3.63) is 64.2 Å². The molecule has 2 N–H and O–H groups in total. The van der Waals surface area contributed by atoms with Crippen LogP contribution in [0.4, 0.5) is 22.0 Å². The average molecular weight is 448 g/mol. The number of carbonyl (C=O) groups excluding carboxylic acids is 1. The topological polar surface area (TPSA) is 90.1 Å². The van der Waals surface area contributed by atoms with Crippen molar-refractivity contribution in [1.82, 2.24) is 4.98 Å². The van der Waals surface area contributed by atoms with E-state index in [4.69, 9.17) is 5.73 Å². The molecule has 1 fully saturated rings. The fourth-order valence-corrected chi connectivity index (χ4v) is 5.91. The van der Waals surface area contributed by atoms with Gasteiger partial charge in [0, 0.05) is 24.6 Å². The van der Waals surface area contributed by atoms with E-state index in [0.29, 0.717) is 12.1 Å². The van der Waals surface area contributed by atoms with Crippen molar-refractivity contribution >= 4 is 15.7 Å². The lowest BCUT2D eigenvalue weighted by atomic mass is 9.83. The van der Waals surface area contributed by atoms with E-state index in [1.54, 1.807) is 0 Å². The van der Waals surface area contributed by atoms with Crippen LogP contribution >= 0.6 is 0 Å². The first-order valence-corrected chi connectivity index (χ1v) is 10.5. The van der Waals surface area contributed by atoms with Crippen LogP contribution in [0.5, 0.6) is 0 Å². The highest BCUT2D eigenvalue weighted by Gasteiger charge is 2.48. The number of rotatable bonds is 6. The van der Waals surface area contributed by atoms with E-state index in [-0.39, 0.29) is 16.8 Å². The molecule has 1 amide bonds. The summed E-state index contributed by atoms with van der Waals surface area (Å²) in [5.74, 6) is -10.1. The third-order valence-electron chi connectivity index (χ3n) is 5.03. The van der Waals surface area contributed by atoms with Gasteiger partial charge in [-0.25, -0.2) is 30.4 Å². The number of primary amides is 1. The highest BCUT2D eigenvalue weighted by molar-refractivity contribution is 7.91. The summed E-state index contributed by atoms with van der Waals surface area (Å²) in [6.45, 7) is 1.36. The molecule has 30 heavy (non-hydrogen) atoms. The number of alkyl halides is 2. The summed E-state index contributed by atoms with van der Waals surface area (Å²) in [7, 11) is -4.49. The number of nitrogens with two attached hydrogens (primary N) is 1. The van der Waals surface area contributed by atoms with Crippen LogP contribution in [0.15, 0.2) is 24.4 Å². The zero-order chi connectivity index (χ0) is 22.4. The zero-order valence-corrected chi connectivity index (χ0v) is 16.4. The van der Waals surface area contributed by atoms with E-state index in [1.165, 1.54) is 6.92 Å². The van der Waals surface area contributed by atoms with Crippen LogP contribution in [-0.4, -0.2) is 31.0 Å². The number of carbonyl (C=O) groups is 1.